The van der Waals surface area contributed by atoms with E-state index in [-0.39, 0.29) is 17.7 Å². The molecule has 1 unspecified atom stereocenters. The van der Waals surface area contributed by atoms with E-state index >= 15 is 0 Å². The summed E-state index contributed by atoms with van der Waals surface area (Å²) < 4.78 is 37.2. The fraction of sp³-hybridized carbons (Fsp3) is 0.571. The Morgan fingerprint density at radius 3 is 2.67 bits per heavy atom. The lowest BCUT2D eigenvalue weighted by molar-refractivity contribution is -0.0476. The van der Waals surface area contributed by atoms with E-state index in [0.29, 0.717) is 18.8 Å². The molecule has 1 fully saturated rings. The first-order valence-corrected chi connectivity index (χ1v) is 8.44. The molecule has 0 spiro atoms. The molecule has 1 atom stereocenters. The molecule has 0 aromatic heterocycles. The average Bonchev–Trinajstić information content (AvgIpc) is 2.48. The Morgan fingerprint density at radius 1 is 1.29 bits per heavy atom. The Morgan fingerprint density at radius 2 is 2.00 bits per heavy atom. The summed E-state index contributed by atoms with van der Waals surface area (Å²) in [4.78, 5) is 0.273. The van der Waals surface area contributed by atoms with Gasteiger partial charge in [-0.15, -0.1) is 0 Å². The molecule has 118 valence electrons. The monoisotopic (exact) mass is 314 g/mol. The van der Waals surface area contributed by atoms with E-state index in [2.05, 4.69) is 0 Å². The van der Waals surface area contributed by atoms with Crippen molar-refractivity contribution in [1.29, 1.82) is 0 Å². The van der Waals surface area contributed by atoms with Crippen LogP contribution in [0, 0.1) is 0 Å². The molecule has 0 amide bonds. The molecule has 2 N–H and O–H groups in total. The molecule has 0 bridgehead atoms. The van der Waals surface area contributed by atoms with E-state index in [4.69, 9.17) is 15.2 Å². The summed E-state index contributed by atoms with van der Waals surface area (Å²) >= 11 is 0. The number of nitrogen functional groups attached to an aromatic ring is 1. The number of nitrogens with zero attached hydrogens (tertiary/aromatic N) is 1. The van der Waals surface area contributed by atoms with Crippen LogP contribution in [-0.2, 0) is 19.5 Å². The van der Waals surface area contributed by atoms with Crippen molar-refractivity contribution in [3.63, 3.8) is 0 Å². The Kier molecular flexibility index (Phi) is 5.58. The molecule has 1 aromatic rings. The zero-order valence-electron chi connectivity index (χ0n) is 12.2. The second kappa shape index (κ2) is 7.22. The van der Waals surface area contributed by atoms with Crippen LogP contribution in [-0.4, -0.2) is 45.8 Å². The summed E-state index contributed by atoms with van der Waals surface area (Å²) in [6, 6.07) is 6.16. The van der Waals surface area contributed by atoms with Gasteiger partial charge in [0.1, 0.15) is 6.79 Å². The Hall–Kier alpha value is -1.15. The third kappa shape index (κ3) is 3.94. The minimum atomic E-state index is -3.51. The number of hydrogen-bond acceptors (Lipinski definition) is 5. The van der Waals surface area contributed by atoms with Crippen molar-refractivity contribution in [3.05, 3.63) is 24.3 Å². The van der Waals surface area contributed by atoms with Gasteiger partial charge in [-0.1, -0.05) is 6.42 Å². The third-order valence-corrected chi connectivity index (χ3v) is 5.54. The van der Waals surface area contributed by atoms with Crippen molar-refractivity contribution >= 4 is 15.7 Å². The summed E-state index contributed by atoms with van der Waals surface area (Å²) in [5.41, 5.74) is 6.16. The number of ether oxygens (including phenoxy) is 2. The number of anilines is 1. The first kappa shape index (κ1) is 16.2. The van der Waals surface area contributed by atoms with Gasteiger partial charge in [-0.3, -0.25) is 0 Å². The van der Waals surface area contributed by atoms with Crippen LogP contribution in [0.2, 0.25) is 0 Å². The van der Waals surface area contributed by atoms with Crippen LogP contribution in [0.15, 0.2) is 29.2 Å². The van der Waals surface area contributed by atoms with Gasteiger partial charge in [0.05, 0.1) is 11.5 Å². The lowest BCUT2D eigenvalue weighted by atomic mass is 10.1. The third-order valence-electron chi connectivity index (χ3n) is 3.57. The average molecular weight is 314 g/mol. The van der Waals surface area contributed by atoms with Crippen LogP contribution >= 0.6 is 0 Å². The van der Waals surface area contributed by atoms with Crippen molar-refractivity contribution in [3.8, 4) is 0 Å². The van der Waals surface area contributed by atoms with E-state index in [0.717, 1.165) is 19.3 Å². The van der Waals surface area contributed by atoms with Gasteiger partial charge in [0.2, 0.25) is 10.0 Å². The molecule has 1 heterocycles. The maximum absolute atomic E-state index is 12.7. The van der Waals surface area contributed by atoms with Crippen LogP contribution in [0.4, 0.5) is 5.69 Å². The van der Waals surface area contributed by atoms with E-state index in [1.54, 1.807) is 31.4 Å². The molecule has 0 saturated carbocycles. The zero-order valence-corrected chi connectivity index (χ0v) is 13.0. The smallest absolute Gasteiger partial charge is 0.243 e. The van der Waals surface area contributed by atoms with Crippen molar-refractivity contribution in [2.45, 2.75) is 30.2 Å². The van der Waals surface area contributed by atoms with Crippen molar-refractivity contribution < 1.29 is 17.9 Å². The molecule has 1 aliphatic rings. The molecule has 1 saturated heterocycles. The van der Waals surface area contributed by atoms with Crippen molar-refractivity contribution in [2.75, 3.05) is 32.8 Å². The lowest BCUT2D eigenvalue weighted by Crippen LogP contribution is -2.46. The molecule has 1 aromatic carbocycles. The highest BCUT2D eigenvalue weighted by atomic mass is 32.2. The van der Waals surface area contributed by atoms with Crippen LogP contribution < -0.4 is 5.73 Å². The van der Waals surface area contributed by atoms with Gasteiger partial charge in [0, 0.05) is 25.4 Å². The highest BCUT2D eigenvalue weighted by Crippen LogP contribution is 2.26. The summed E-state index contributed by atoms with van der Waals surface area (Å²) in [5.74, 6) is 0. The summed E-state index contributed by atoms with van der Waals surface area (Å²) in [7, 11) is -1.96. The van der Waals surface area contributed by atoms with Gasteiger partial charge < -0.3 is 15.2 Å². The second-order valence-corrected chi connectivity index (χ2v) is 7.00. The fourth-order valence-electron chi connectivity index (χ4n) is 2.50. The molecule has 2 rings (SSSR count). The minimum Gasteiger partial charge on any atom is -0.399 e. The Balaban J connectivity index is 2.17. The number of methoxy groups -OCH3 is 1. The Bertz CT molecular complexity index is 545. The second-order valence-electron chi connectivity index (χ2n) is 5.11. The molecular formula is C14H22N2O4S. The van der Waals surface area contributed by atoms with Crippen LogP contribution in [0.5, 0.6) is 0 Å². The first-order valence-electron chi connectivity index (χ1n) is 7.00. The van der Waals surface area contributed by atoms with Gasteiger partial charge >= 0.3 is 0 Å². The predicted octanol–water partition coefficient (Wildman–Crippen LogP) is 1.43. The molecule has 0 radical (unpaired) electrons. The topological polar surface area (TPSA) is 81.9 Å². The minimum absolute atomic E-state index is 0.142. The zero-order chi connectivity index (χ0) is 15.3. The molecule has 21 heavy (non-hydrogen) atoms. The molecule has 1 aliphatic heterocycles. The highest BCUT2D eigenvalue weighted by Gasteiger charge is 2.33. The molecule has 7 heteroatoms. The normalized spacial score (nSPS) is 20.5. The first-order chi connectivity index (χ1) is 10.1. The highest BCUT2D eigenvalue weighted by molar-refractivity contribution is 7.89. The van der Waals surface area contributed by atoms with Crippen molar-refractivity contribution in [1.82, 2.24) is 4.31 Å². The number of piperidine rings is 1. The van der Waals surface area contributed by atoms with Crippen LogP contribution in [0.3, 0.4) is 0 Å². The molecule has 6 nitrogen and oxygen atoms in total. The largest absolute Gasteiger partial charge is 0.399 e. The van der Waals surface area contributed by atoms with E-state index in [1.165, 1.54) is 4.31 Å². The summed E-state index contributed by atoms with van der Waals surface area (Å²) in [6.45, 7) is 1.04. The number of sulfonamides is 1. The summed E-state index contributed by atoms with van der Waals surface area (Å²) in [6.07, 6.45) is 2.68. The maximum Gasteiger partial charge on any atom is 0.243 e. The van der Waals surface area contributed by atoms with Crippen molar-refractivity contribution in [2.24, 2.45) is 0 Å². The van der Waals surface area contributed by atoms with Gasteiger partial charge in [-0.2, -0.15) is 4.31 Å². The van der Waals surface area contributed by atoms with Gasteiger partial charge in [0.25, 0.3) is 0 Å². The number of rotatable bonds is 6. The number of nitrogens with two attached hydrogens (primary N) is 1. The number of benzene rings is 1. The van der Waals surface area contributed by atoms with E-state index < -0.39 is 10.0 Å². The predicted molar refractivity (Wildman–Crippen MR) is 80.2 cm³/mol. The SMILES string of the molecule is COCOCC1CCCCN1S(=O)(=O)c1ccc(N)cc1. The fourth-order valence-corrected chi connectivity index (χ4v) is 4.18. The van der Waals surface area contributed by atoms with Crippen LogP contribution in [0.1, 0.15) is 19.3 Å². The Labute approximate surface area is 125 Å². The standard InChI is InChI=1S/C14H22N2O4S/c1-19-11-20-10-13-4-2-3-9-16(13)21(17,18)14-7-5-12(15)6-8-14/h5-8,13H,2-4,9-11,15H2,1H3. The molecule has 0 aliphatic carbocycles. The quantitative estimate of drug-likeness (QED) is 0.488. The maximum atomic E-state index is 12.7. The molecular weight excluding hydrogens is 292 g/mol. The van der Waals surface area contributed by atoms with E-state index in [1.807, 2.05) is 0 Å². The van der Waals surface area contributed by atoms with Gasteiger partial charge in [-0.25, -0.2) is 8.42 Å². The number of hydrogen-bond donors (Lipinski definition) is 1. The summed E-state index contributed by atoms with van der Waals surface area (Å²) in [5, 5.41) is 0. The van der Waals surface area contributed by atoms with E-state index in [9.17, 15) is 8.42 Å². The van der Waals surface area contributed by atoms with Crippen LogP contribution in [0.25, 0.3) is 0 Å². The van der Waals surface area contributed by atoms with Gasteiger partial charge in [-0.05, 0) is 37.1 Å². The lowest BCUT2D eigenvalue weighted by Gasteiger charge is -2.34. The van der Waals surface area contributed by atoms with Gasteiger partial charge in [0.15, 0.2) is 0 Å².